The Morgan fingerprint density at radius 1 is 1.27 bits per heavy atom. The van der Waals surface area contributed by atoms with Crippen molar-refractivity contribution in [3.63, 3.8) is 0 Å². The van der Waals surface area contributed by atoms with Crippen molar-refractivity contribution in [2.45, 2.75) is 57.9 Å². The van der Waals surface area contributed by atoms with Crippen molar-refractivity contribution in [1.29, 1.82) is 0 Å². The van der Waals surface area contributed by atoms with Crippen LogP contribution in [0.15, 0.2) is 29.4 Å². The molecule has 1 heterocycles. The van der Waals surface area contributed by atoms with Crippen LogP contribution < -0.4 is 4.74 Å². The van der Waals surface area contributed by atoms with Crippen LogP contribution in [0, 0.1) is 0 Å². The van der Waals surface area contributed by atoms with E-state index in [0.717, 1.165) is 5.56 Å². The van der Waals surface area contributed by atoms with E-state index in [-0.39, 0.29) is 22.6 Å². The molecule has 5 nitrogen and oxygen atoms in total. The van der Waals surface area contributed by atoms with Gasteiger partial charge in [0.25, 0.3) is 11.6 Å². The zero-order valence-electron chi connectivity index (χ0n) is 15.2. The highest BCUT2D eigenvalue weighted by Gasteiger charge is 2.62. The third kappa shape index (κ3) is 4.00. The molecule has 1 N–H and O–H groups in total. The lowest BCUT2D eigenvalue weighted by molar-refractivity contribution is -0.302. The van der Waals surface area contributed by atoms with Gasteiger partial charge in [-0.25, -0.2) is 0 Å². The van der Waals surface area contributed by atoms with Gasteiger partial charge in [0.05, 0.1) is 0 Å². The van der Waals surface area contributed by atoms with Crippen LogP contribution in [-0.2, 0) is 10.2 Å². The number of nitrogens with zero attached hydrogens (tertiary/aromatic N) is 2. The van der Waals surface area contributed by atoms with E-state index < -0.39 is 30.8 Å². The molecular formula is C18H23F3N2O3. The van der Waals surface area contributed by atoms with Crippen molar-refractivity contribution in [3.8, 4) is 5.75 Å². The quantitative estimate of drug-likeness (QED) is 0.878. The van der Waals surface area contributed by atoms with E-state index in [1.165, 1.54) is 0 Å². The normalized spacial score (nSPS) is 20.9. The molecule has 1 aromatic rings. The SMILES string of the molecule is CCC1=NN(C(=O)COc2ccc(C(C)(C)C)cc2)[C@](O)(C(F)(F)F)C1. The molecule has 0 spiro atoms. The fourth-order valence-electron chi connectivity index (χ4n) is 2.55. The van der Waals surface area contributed by atoms with Crippen LogP contribution >= 0.6 is 0 Å². The van der Waals surface area contributed by atoms with E-state index in [1.54, 1.807) is 19.1 Å². The lowest BCUT2D eigenvalue weighted by Gasteiger charge is -2.32. The maximum Gasteiger partial charge on any atom is 0.438 e. The zero-order chi connectivity index (χ0) is 19.8. The van der Waals surface area contributed by atoms with Gasteiger partial charge in [-0.3, -0.25) is 4.79 Å². The Hall–Kier alpha value is -2.09. The molecule has 1 atom stereocenters. The molecule has 8 heteroatoms. The highest BCUT2D eigenvalue weighted by molar-refractivity contribution is 5.90. The Balaban J connectivity index is 2.10. The number of hydrogen-bond donors (Lipinski definition) is 1. The molecule has 0 bridgehead atoms. The van der Waals surface area contributed by atoms with Crippen molar-refractivity contribution < 1.29 is 27.8 Å². The van der Waals surface area contributed by atoms with Crippen molar-refractivity contribution in [2.75, 3.05) is 6.61 Å². The first-order valence-electron chi connectivity index (χ1n) is 8.30. The smallest absolute Gasteiger partial charge is 0.438 e. The highest BCUT2D eigenvalue weighted by Crippen LogP contribution is 2.40. The number of alkyl halides is 3. The number of rotatable bonds is 4. The summed E-state index contributed by atoms with van der Waals surface area (Å²) in [7, 11) is 0. The molecule has 0 fully saturated rings. The number of benzene rings is 1. The van der Waals surface area contributed by atoms with Crippen LogP contribution in [0.1, 0.15) is 46.1 Å². The standard InChI is InChI=1S/C18H23F3N2O3/c1-5-13-10-17(25,18(19,20)21)23(22-13)15(24)11-26-14-8-6-12(7-9-14)16(2,3)4/h6-9,25H,5,10-11H2,1-4H3/t17-/m1/s1. The molecule has 1 aliphatic rings. The molecule has 0 saturated heterocycles. The Labute approximate surface area is 150 Å². The number of carbonyl (C=O) groups is 1. The zero-order valence-corrected chi connectivity index (χ0v) is 15.2. The van der Waals surface area contributed by atoms with Gasteiger partial charge in [-0.05, 0) is 29.5 Å². The second-order valence-corrected chi connectivity index (χ2v) is 7.28. The van der Waals surface area contributed by atoms with E-state index in [0.29, 0.717) is 5.75 Å². The van der Waals surface area contributed by atoms with Crippen molar-refractivity contribution in [2.24, 2.45) is 5.10 Å². The minimum absolute atomic E-state index is 0.0572. The molecule has 0 unspecified atom stereocenters. The minimum Gasteiger partial charge on any atom is -0.484 e. The van der Waals surface area contributed by atoms with Gasteiger partial charge in [0.2, 0.25) is 0 Å². The van der Waals surface area contributed by atoms with E-state index in [4.69, 9.17) is 4.74 Å². The van der Waals surface area contributed by atoms with Gasteiger partial charge in [0.15, 0.2) is 6.61 Å². The van der Waals surface area contributed by atoms with Gasteiger partial charge >= 0.3 is 6.18 Å². The Morgan fingerprint density at radius 3 is 2.31 bits per heavy atom. The van der Waals surface area contributed by atoms with Crippen molar-refractivity contribution in [3.05, 3.63) is 29.8 Å². The summed E-state index contributed by atoms with van der Waals surface area (Å²) in [5.41, 5.74) is -2.22. The van der Waals surface area contributed by atoms with Gasteiger partial charge in [-0.15, -0.1) is 0 Å². The van der Waals surface area contributed by atoms with Gasteiger partial charge in [-0.2, -0.15) is 23.3 Å². The molecule has 0 radical (unpaired) electrons. The average molecular weight is 372 g/mol. The van der Waals surface area contributed by atoms with Crippen LogP contribution in [0.2, 0.25) is 0 Å². The summed E-state index contributed by atoms with van der Waals surface area (Å²) in [5.74, 6) is -0.714. The molecule has 1 aliphatic heterocycles. The largest absolute Gasteiger partial charge is 0.484 e. The van der Waals surface area contributed by atoms with Gasteiger partial charge in [0.1, 0.15) is 5.75 Å². The van der Waals surface area contributed by atoms with E-state index in [9.17, 15) is 23.1 Å². The van der Waals surface area contributed by atoms with Crippen LogP contribution in [0.25, 0.3) is 0 Å². The van der Waals surface area contributed by atoms with Crippen LogP contribution in [-0.4, -0.2) is 40.2 Å². The fraction of sp³-hybridized carbons (Fsp3) is 0.556. The van der Waals surface area contributed by atoms with Crippen molar-refractivity contribution in [1.82, 2.24) is 5.01 Å². The van der Waals surface area contributed by atoms with Crippen LogP contribution in [0.5, 0.6) is 5.75 Å². The maximum absolute atomic E-state index is 13.2. The number of carbonyl (C=O) groups excluding carboxylic acids is 1. The summed E-state index contributed by atoms with van der Waals surface area (Å²) < 4.78 is 45.0. The summed E-state index contributed by atoms with van der Waals surface area (Å²) in [6.07, 6.45) is -5.56. The first-order valence-corrected chi connectivity index (χ1v) is 8.30. The Bertz CT molecular complexity index is 693. The maximum atomic E-state index is 13.2. The Kier molecular flexibility index (Phi) is 5.37. The second-order valence-electron chi connectivity index (χ2n) is 7.28. The summed E-state index contributed by atoms with van der Waals surface area (Å²) in [6.45, 7) is 7.08. The summed E-state index contributed by atoms with van der Waals surface area (Å²) >= 11 is 0. The van der Waals surface area contributed by atoms with Crippen LogP contribution in [0.3, 0.4) is 0 Å². The van der Waals surface area contributed by atoms with Crippen molar-refractivity contribution >= 4 is 11.6 Å². The van der Waals surface area contributed by atoms with Gasteiger partial charge in [-0.1, -0.05) is 39.8 Å². The van der Waals surface area contributed by atoms with E-state index >= 15 is 0 Å². The molecule has 0 aliphatic carbocycles. The Morgan fingerprint density at radius 2 is 1.85 bits per heavy atom. The topological polar surface area (TPSA) is 62.1 Å². The monoisotopic (exact) mass is 372 g/mol. The lowest BCUT2D eigenvalue weighted by Crippen LogP contribution is -2.57. The third-order valence-electron chi connectivity index (χ3n) is 4.22. The summed E-state index contributed by atoms with van der Waals surface area (Å²) in [5, 5.41) is 13.7. The predicted molar refractivity (Wildman–Crippen MR) is 90.8 cm³/mol. The molecule has 1 aromatic carbocycles. The highest BCUT2D eigenvalue weighted by atomic mass is 19.4. The summed E-state index contributed by atoms with van der Waals surface area (Å²) in [4.78, 5) is 12.2. The number of halogens is 3. The molecule has 1 amide bonds. The van der Waals surface area contributed by atoms with E-state index in [2.05, 4.69) is 5.10 Å². The summed E-state index contributed by atoms with van der Waals surface area (Å²) in [6, 6.07) is 6.95. The first-order chi connectivity index (χ1) is 11.9. The van der Waals surface area contributed by atoms with Gasteiger partial charge < -0.3 is 9.84 Å². The predicted octanol–water partition coefficient (Wildman–Crippen LogP) is 3.61. The first kappa shape index (κ1) is 20.2. The second kappa shape index (κ2) is 6.90. The molecule has 2 rings (SSSR count). The fourth-order valence-corrected chi connectivity index (χ4v) is 2.55. The van der Waals surface area contributed by atoms with Gasteiger partial charge in [0, 0.05) is 12.1 Å². The molecule has 0 saturated carbocycles. The van der Waals surface area contributed by atoms with Crippen LogP contribution in [0.4, 0.5) is 13.2 Å². The molecule has 144 valence electrons. The lowest BCUT2D eigenvalue weighted by atomic mass is 9.87. The number of aliphatic hydroxyl groups is 1. The minimum atomic E-state index is -5.02. The number of ether oxygens (including phenoxy) is 1. The molecule has 26 heavy (non-hydrogen) atoms. The molecular weight excluding hydrogens is 349 g/mol. The molecule has 0 aromatic heterocycles. The third-order valence-corrected chi connectivity index (χ3v) is 4.22. The number of hydrazone groups is 1. The number of amides is 1. The van der Waals surface area contributed by atoms with E-state index in [1.807, 2.05) is 32.9 Å². The number of hydrogen-bond acceptors (Lipinski definition) is 4. The average Bonchev–Trinajstić information content (AvgIpc) is 2.90.